The third-order valence-electron chi connectivity index (χ3n) is 3.92. The van der Waals surface area contributed by atoms with Crippen molar-refractivity contribution in [2.24, 2.45) is 0 Å². The van der Waals surface area contributed by atoms with Gasteiger partial charge in [-0.05, 0) is 25.7 Å². The quantitative estimate of drug-likeness (QED) is 0.880. The van der Waals surface area contributed by atoms with E-state index >= 15 is 0 Å². The van der Waals surface area contributed by atoms with E-state index in [2.05, 4.69) is 38.4 Å². The molecule has 1 aromatic rings. The molecule has 1 aromatic heterocycles. The van der Waals surface area contributed by atoms with Crippen LogP contribution in [0.2, 0.25) is 0 Å². The smallest absolute Gasteiger partial charge is 0.107 e. The molecule has 0 aliphatic heterocycles. The maximum Gasteiger partial charge on any atom is 0.107 e. The van der Waals surface area contributed by atoms with Gasteiger partial charge in [0, 0.05) is 22.9 Å². The molecule has 2 nitrogen and oxygen atoms in total. The van der Waals surface area contributed by atoms with Gasteiger partial charge in [-0.2, -0.15) is 0 Å². The van der Waals surface area contributed by atoms with Crippen molar-refractivity contribution >= 4 is 11.3 Å². The van der Waals surface area contributed by atoms with Gasteiger partial charge in [0.1, 0.15) is 5.01 Å². The van der Waals surface area contributed by atoms with Gasteiger partial charge in [0.2, 0.25) is 0 Å². The Hall–Kier alpha value is -0.410. The van der Waals surface area contributed by atoms with E-state index in [0.717, 1.165) is 6.54 Å². The number of hydrogen-bond donors (Lipinski definition) is 1. The lowest BCUT2D eigenvalue weighted by atomic mass is 9.75. The van der Waals surface area contributed by atoms with Crippen molar-refractivity contribution in [3.8, 4) is 0 Å². The summed E-state index contributed by atoms with van der Waals surface area (Å²) in [5, 5.41) is 7.15. The molecule has 1 aliphatic rings. The average molecular weight is 252 g/mol. The first kappa shape index (κ1) is 13.0. The van der Waals surface area contributed by atoms with E-state index in [9.17, 15) is 0 Å². The fraction of sp³-hybridized carbons (Fsp3) is 0.786. The van der Waals surface area contributed by atoms with Crippen molar-refractivity contribution in [2.45, 2.75) is 70.9 Å². The Balaban J connectivity index is 1.93. The van der Waals surface area contributed by atoms with Crippen molar-refractivity contribution in [3.05, 3.63) is 16.1 Å². The van der Waals surface area contributed by atoms with Gasteiger partial charge in [0.25, 0.3) is 0 Å². The molecule has 0 saturated heterocycles. The standard InChI is InChI=1S/C14H24N2S/c1-5-14(7-6-8-14)15-9-12-16-11(10-17-12)13(2,3)4/h10,15H,5-9H2,1-4H3. The average Bonchev–Trinajstić information content (AvgIpc) is 2.65. The van der Waals surface area contributed by atoms with Gasteiger partial charge in [0.15, 0.2) is 0 Å². The van der Waals surface area contributed by atoms with Crippen LogP contribution in [0.5, 0.6) is 0 Å². The summed E-state index contributed by atoms with van der Waals surface area (Å²) < 4.78 is 0. The molecule has 0 radical (unpaired) electrons. The highest BCUT2D eigenvalue weighted by atomic mass is 32.1. The van der Waals surface area contributed by atoms with Gasteiger partial charge in [-0.15, -0.1) is 11.3 Å². The lowest BCUT2D eigenvalue weighted by Gasteiger charge is -2.42. The second-order valence-electron chi connectivity index (χ2n) is 6.22. The largest absolute Gasteiger partial charge is 0.305 e. The molecule has 0 amide bonds. The van der Waals surface area contributed by atoms with Crippen molar-refractivity contribution in [2.75, 3.05) is 0 Å². The van der Waals surface area contributed by atoms with E-state index in [-0.39, 0.29) is 5.41 Å². The second-order valence-corrected chi connectivity index (χ2v) is 7.16. The number of nitrogens with zero attached hydrogens (tertiary/aromatic N) is 1. The predicted octanol–water partition coefficient (Wildman–Crippen LogP) is 3.86. The number of hydrogen-bond acceptors (Lipinski definition) is 3. The van der Waals surface area contributed by atoms with Gasteiger partial charge < -0.3 is 5.32 Å². The highest BCUT2D eigenvalue weighted by molar-refractivity contribution is 7.09. The Bertz CT molecular complexity index is 366. The highest BCUT2D eigenvalue weighted by Crippen LogP contribution is 2.35. The minimum absolute atomic E-state index is 0.174. The van der Waals surface area contributed by atoms with Crippen molar-refractivity contribution < 1.29 is 0 Å². The number of thiazole rings is 1. The molecule has 2 rings (SSSR count). The Labute approximate surface area is 109 Å². The van der Waals surface area contributed by atoms with Crippen LogP contribution in [0.25, 0.3) is 0 Å². The third-order valence-corrected chi connectivity index (χ3v) is 4.77. The lowest BCUT2D eigenvalue weighted by Crippen LogP contribution is -2.49. The van der Waals surface area contributed by atoms with Crippen molar-refractivity contribution in [1.82, 2.24) is 10.3 Å². The third kappa shape index (κ3) is 2.89. The summed E-state index contributed by atoms with van der Waals surface area (Å²) in [5.41, 5.74) is 1.82. The van der Waals surface area contributed by atoms with Crippen LogP contribution in [0.3, 0.4) is 0 Å². The number of aromatic nitrogens is 1. The first-order valence-corrected chi connectivity index (χ1v) is 7.53. The molecule has 17 heavy (non-hydrogen) atoms. The number of rotatable bonds is 4. The van der Waals surface area contributed by atoms with Crippen LogP contribution in [0.4, 0.5) is 0 Å². The van der Waals surface area contributed by atoms with Crippen LogP contribution in [0.15, 0.2) is 5.38 Å². The molecular formula is C14H24N2S. The zero-order chi connectivity index (χ0) is 12.5. The van der Waals surface area contributed by atoms with Gasteiger partial charge >= 0.3 is 0 Å². The second kappa shape index (κ2) is 4.69. The molecule has 1 fully saturated rings. The molecule has 96 valence electrons. The maximum absolute atomic E-state index is 4.73. The Morgan fingerprint density at radius 3 is 2.53 bits per heavy atom. The van der Waals surface area contributed by atoms with E-state index in [1.54, 1.807) is 11.3 Å². The summed E-state index contributed by atoms with van der Waals surface area (Å²) >= 11 is 1.79. The Morgan fingerprint density at radius 2 is 2.12 bits per heavy atom. The Kier molecular flexibility index (Phi) is 3.60. The fourth-order valence-electron chi connectivity index (χ4n) is 2.26. The van der Waals surface area contributed by atoms with E-state index < -0.39 is 0 Å². The molecule has 0 bridgehead atoms. The lowest BCUT2D eigenvalue weighted by molar-refractivity contribution is 0.175. The summed E-state index contributed by atoms with van der Waals surface area (Å²) in [4.78, 5) is 4.73. The Morgan fingerprint density at radius 1 is 1.41 bits per heavy atom. The minimum atomic E-state index is 0.174. The minimum Gasteiger partial charge on any atom is -0.305 e. The van der Waals surface area contributed by atoms with E-state index in [0.29, 0.717) is 5.54 Å². The summed E-state index contributed by atoms with van der Waals surface area (Å²) in [7, 11) is 0. The van der Waals surface area contributed by atoms with Crippen LogP contribution in [-0.2, 0) is 12.0 Å². The summed E-state index contributed by atoms with van der Waals surface area (Å²) in [6, 6.07) is 0. The predicted molar refractivity (Wildman–Crippen MR) is 74.5 cm³/mol. The molecule has 1 N–H and O–H groups in total. The highest BCUT2D eigenvalue weighted by Gasteiger charge is 2.34. The van der Waals surface area contributed by atoms with Crippen LogP contribution in [-0.4, -0.2) is 10.5 Å². The maximum atomic E-state index is 4.73. The molecule has 0 spiro atoms. The van der Waals surface area contributed by atoms with Crippen molar-refractivity contribution in [3.63, 3.8) is 0 Å². The zero-order valence-corrected chi connectivity index (χ0v) is 12.3. The van der Waals surface area contributed by atoms with E-state index in [1.165, 1.54) is 36.4 Å². The summed E-state index contributed by atoms with van der Waals surface area (Å²) in [5.74, 6) is 0. The summed E-state index contributed by atoms with van der Waals surface area (Å²) in [6.45, 7) is 9.89. The molecule has 1 saturated carbocycles. The normalized spacial score (nSPS) is 19.1. The zero-order valence-electron chi connectivity index (χ0n) is 11.5. The summed E-state index contributed by atoms with van der Waals surface area (Å²) in [6.07, 6.45) is 5.29. The van der Waals surface area contributed by atoms with E-state index in [1.807, 2.05) is 0 Å². The van der Waals surface area contributed by atoms with E-state index in [4.69, 9.17) is 4.98 Å². The molecular weight excluding hydrogens is 228 g/mol. The van der Waals surface area contributed by atoms with Gasteiger partial charge in [0.05, 0.1) is 5.69 Å². The molecule has 0 aromatic carbocycles. The van der Waals surface area contributed by atoms with Gasteiger partial charge in [-0.1, -0.05) is 27.7 Å². The van der Waals surface area contributed by atoms with Crippen LogP contribution in [0.1, 0.15) is 64.1 Å². The topological polar surface area (TPSA) is 24.9 Å². The van der Waals surface area contributed by atoms with Crippen LogP contribution >= 0.6 is 11.3 Å². The monoisotopic (exact) mass is 252 g/mol. The molecule has 0 atom stereocenters. The molecule has 1 aliphatic carbocycles. The van der Waals surface area contributed by atoms with Crippen LogP contribution < -0.4 is 5.32 Å². The first-order valence-electron chi connectivity index (χ1n) is 6.65. The first-order chi connectivity index (χ1) is 7.95. The number of nitrogens with one attached hydrogen (secondary N) is 1. The van der Waals surface area contributed by atoms with Crippen LogP contribution in [0, 0.1) is 0 Å². The molecule has 1 heterocycles. The molecule has 0 unspecified atom stereocenters. The SMILES string of the molecule is CCC1(NCc2nc(C(C)(C)C)cs2)CCC1. The van der Waals surface area contributed by atoms with Crippen molar-refractivity contribution in [1.29, 1.82) is 0 Å². The van der Waals surface area contributed by atoms with Gasteiger partial charge in [-0.3, -0.25) is 0 Å². The fourth-order valence-corrected chi connectivity index (χ4v) is 3.22. The van der Waals surface area contributed by atoms with Gasteiger partial charge in [-0.25, -0.2) is 4.98 Å². The molecule has 3 heteroatoms.